The summed E-state index contributed by atoms with van der Waals surface area (Å²) in [4.78, 5) is 60.9. The first-order chi connectivity index (χ1) is 37.2. The van der Waals surface area contributed by atoms with Crippen LogP contribution in [-0.2, 0) is 26.3 Å². The van der Waals surface area contributed by atoms with Crippen molar-refractivity contribution < 1.29 is 41.1 Å². The number of hydrogen-bond donors (Lipinski definition) is 5. The van der Waals surface area contributed by atoms with E-state index in [0.29, 0.717) is 47.2 Å². The molecular formula is C57H65F3N10O6S2. The van der Waals surface area contributed by atoms with Crippen LogP contribution >= 0.6 is 11.3 Å². The third kappa shape index (κ3) is 11.6. The Morgan fingerprint density at radius 3 is 2.31 bits per heavy atom. The molecule has 5 N–H and O–H groups in total. The number of H-pyrrole nitrogens is 1. The molecule has 0 saturated carbocycles. The number of carbonyl (C=O) groups excluding carboxylic acids is 3. The molecule has 6 aromatic rings. The van der Waals surface area contributed by atoms with Crippen molar-refractivity contribution in [3.8, 4) is 21.6 Å². The van der Waals surface area contributed by atoms with Crippen LogP contribution in [0.3, 0.4) is 0 Å². The number of aliphatic hydroxyl groups excluding tert-OH is 1. The molecule has 4 aliphatic heterocycles. The zero-order valence-electron chi connectivity index (χ0n) is 44.1. The maximum absolute atomic E-state index is 15.8. The highest BCUT2D eigenvalue weighted by atomic mass is 32.2. The van der Waals surface area contributed by atoms with Crippen LogP contribution in [0.15, 0.2) is 96.9 Å². The smallest absolute Gasteiger partial charge is 0.301 e. The van der Waals surface area contributed by atoms with Gasteiger partial charge in [-0.1, -0.05) is 75.9 Å². The lowest BCUT2D eigenvalue weighted by Gasteiger charge is -2.47. The fourth-order valence-electron chi connectivity index (χ4n) is 11.2. The number of rotatable bonds is 17. The summed E-state index contributed by atoms with van der Waals surface area (Å²) in [5, 5.41) is 17.6. The highest BCUT2D eigenvalue weighted by molar-refractivity contribution is 7.90. The summed E-state index contributed by atoms with van der Waals surface area (Å²) in [6, 6.07) is 18.9. The number of amides is 2. The Morgan fingerprint density at radius 2 is 1.64 bits per heavy atom. The van der Waals surface area contributed by atoms with Crippen LogP contribution in [0.2, 0.25) is 0 Å². The number of fused-ring (bicyclic) bond motifs is 1. The molecule has 2 amide bonds. The summed E-state index contributed by atoms with van der Waals surface area (Å²) in [5.74, 6) is -3.71. The van der Waals surface area contributed by atoms with Crippen molar-refractivity contribution in [3.63, 3.8) is 0 Å². The highest BCUT2D eigenvalue weighted by Gasteiger charge is 2.44. The van der Waals surface area contributed by atoms with E-state index in [1.165, 1.54) is 11.8 Å². The number of alkyl halides is 1. The van der Waals surface area contributed by atoms with Gasteiger partial charge in [0.15, 0.2) is 5.82 Å². The maximum Gasteiger partial charge on any atom is 0.301 e. The zero-order chi connectivity index (χ0) is 55.2. The van der Waals surface area contributed by atoms with Gasteiger partial charge in [0, 0.05) is 86.3 Å². The second-order valence-electron chi connectivity index (χ2n) is 22.2. The molecule has 4 saturated heterocycles. The fourth-order valence-corrected chi connectivity index (χ4v) is 13.3. The third-order valence-corrected chi connectivity index (χ3v) is 18.2. The van der Waals surface area contributed by atoms with Gasteiger partial charge < -0.3 is 25.6 Å². The van der Waals surface area contributed by atoms with E-state index >= 15 is 8.78 Å². The molecule has 16 nitrogen and oxygen atoms in total. The molecule has 78 heavy (non-hydrogen) atoms. The Balaban J connectivity index is 0.698. The number of pyridine rings is 1. The summed E-state index contributed by atoms with van der Waals surface area (Å²) in [6.07, 6.45) is 3.14. The number of β-amino-alcohol motifs (C(OH)–C–C–N with tert-alkyl or cyclic N) is 1. The zero-order valence-corrected chi connectivity index (χ0v) is 45.7. The molecule has 4 atom stereocenters. The van der Waals surface area contributed by atoms with Gasteiger partial charge in [0.2, 0.25) is 17.6 Å². The van der Waals surface area contributed by atoms with E-state index in [9.17, 15) is 32.3 Å². The van der Waals surface area contributed by atoms with E-state index in [-0.39, 0.29) is 43.4 Å². The van der Waals surface area contributed by atoms with Crippen molar-refractivity contribution in [2.24, 2.45) is 5.41 Å². The number of aromatic amines is 1. The largest absolute Gasteiger partial charge is 0.391 e. The van der Waals surface area contributed by atoms with Crippen LogP contribution in [0.4, 0.5) is 18.9 Å². The van der Waals surface area contributed by atoms with E-state index in [0.717, 1.165) is 82.7 Å². The van der Waals surface area contributed by atoms with Crippen molar-refractivity contribution in [2.75, 3.05) is 57.1 Å². The molecule has 0 unspecified atom stereocenters. The average molecular weight is 1110 g/mol. The molecule has 412 valence electrons. The van der Waals surface area contributed by atoms with Gasteiger partial charge in [0.05, 0.1) is 46.0 Å². The average Bonchev–Trinajstić information content (AvgIpc) is 4.24. The van der Waals surface area contributed by atoms with Gasteiger partial charge in [-0.25, -0.2) is 23.1 Å². The van der Waals surface area contributed by atoms with E-state index in [1.807, 2.05) is 50.1 Å². The summed E-state index contributed by atoms with van der Waals surface area (Å²) in [5.41, 5.74) is 6.40. The minimum absolute atomic E-state index is 0.00317. The normalized spacial score (nSPS) is 20.5. The lowest BCUT2D eigenvalue weighted by Crippen LogP contribution is -2.63. The Morgan fingerprint density at radius 1 is 0.923 bits per heavy atom. The lowest BCUT2D eigenvalue weighted by atomic mass is 9.85. The van der Waals surface area contributed by atoms with Crippen LogP contribution < -0.4 is 15.4 Å². The number of aromatic nitrogens is 3. The number of ketones is 1. The van der Waals surface area contributed by atoms with Gasteiger partial charge in [0.1, 0.15) is 23.7 Å². The second-order valence-corrected chi connectivity index (χ2v) is 24.7. The lowest BCUT2D eigenvalue weighted by molar-refractivity contribution is -0.140. The summed E-state index contributed by atoms with van der Waals surface area (Å²) in [6.45, 7) is 15.7. The van der Waals surface area contributed by atoms with Gasteiger partial charge >= 0.3 is 10.2 Å². The van der Waals surface area contributed by atoms with Crippen LogP contribution in [0.25, 0.3) is 32.6 Å². The Hall–Kier alpha value is -6.49. The van der Waals surface area contributed by atoms with Crippen molar-refractivity contribution in [1.82, 2.24) is 44.6 Å². The predicted octanol–water partition coefficient (Wildman–Crippen LogP) is 7.53. The number of hydrogen-bond acceptors (Lipinski definition) is 12. The fraction of sp³-hybridized carbons (Fsp3) is 0.421. The second kappa shape index (κ2) is 22.3. The van der Waals surface area contributed by atoms with Gasteiger partial charge in [0.25, 0.3) is 0 Å². The molecule has 0 spiro atoms. The van der Waals surface area contributed by atoms with Gasteiger partial charge in [-0.2, -0.15) is 12.7 Å². The van der Waals surface area contributed by atoms with Crippen LogP contribution in [0, 0.1) is 24.0 Å². The summed E-state index contributed by atoms with van der Waals surface area (Å²) >= 11 is 1.61. The first-order valence-corrected chi connectivity index (χ1v) is 28.7. The van der Waals surface area contributed by atoms with Crippen molar-refractivity contribution in [2.45, 2.75) is 96.2 Å². The molecule has 4 aliphatic rings. The molecule has 0 bridgehead atoms. The number of likely N-dealkylation sites (tertiary alicyclic amines) is 3. The van der Waals surface area contributed by atoms with E-state index in [2.05, 4.69) is 78.4 Å². The first-order valence-electron chi connectivity index (χ1n) is 26.4. The SMILES string of the molecule is C=C(NCc1ccc(-c2scnc2C)cc1)[C@@H]1C[C@@H](O)CN1C(=O)[C@@H](NC(=O)CN1CC(N2CCC(c3ccc(-c4cnc5[nH]cc(C(=O)c6c(F)ccc(NS(=O)(=O)N7CC[C@@H](F)C7)c6F)c5c4)cc3)CC2)C1)C(C)(C)C. The number of nitrogens with zero attached hydrogens (tertiary/aromatic N) is 6. The van der Waals surface area contributed by atoms with Crippen LogP contribution in [0.1, 0.15) is 85.1 Å². The van der Waals surface area contributed by atoms with Gasteiger partial charge in [-0.05, 0) is 91.1 Å². The topological polar surface area (TPSA) is 196 Å². The molecule has 7 heterocycles. The van der Waals surface area contributed by atoms with Crippen LogP contribution in [0.5, 0.6) is 0 Å². The van der Waals surface area contributed by atoms with Gasteiger partial charge in [-0.3, -0.25) is 28.9 Å². The molecule has 4 fully saturated rings. The molecule has 3 aromatic heterocycles. The molecule has 10 rings (SSSR count). The number of aryl methyl sites for hydroxylation is 1. The standard InChI is InChI=1S/C57H65F3N10O6S2/c1-33(61-24-35-6-8-39(9-7-35)53-34(2)64-32-77-53)48-23-43(71)30-70(48)56(74)54(57(3,4)5)65-49(72)31-67-28-42(29-67)68-19-16-38(17-20-68)36-10-12-37(13-11-36)40-22-44-45(26-63-55(44)62-25-40)52(73)50-46(59)14-15-47(51(50)60)66-78(75,76)69-21-18-41(58)27-69/h6-15,22,25-26,32,38,41-43,48,54,61,66,71H,1,16-21,23-24,27-31H2,2-5H3,(H,62,63)(H,65,72)/t41-,43-,48+,54-/m1/s1. The maximum atomic E-state index is 15.8. The third-order valence-electron chi connectivity index (χ3n) is 15.7. The molecule has 0 radical (unpaired) electrons. The van der Waals surface area contributed by atoms with Crippen molar-refractivity contribution in [1.29, 1.82) is 0 Å². The predicted molar refractivity (Wildman–Crippen MR) is 295 cm³/mol. The van der Waals surface area contributed by atoms with Gasteiger partial charge in [-0.15, -0.1) is 11.3 Å². The van der Waals surface area contributed by atoms with Crippen molar-refractivity contribution in [3.05, 3.63) is 136 Å². The number of carbonyl (C=O) groups is 3. The van der Waals surface area contributed by atoms with Crippen LogP contribution in [-0.4, -0.2) is 148 Å². The number of benzene rings is 3. The first kappa shape index (κ1) is 54.8. The van der Waals surface area contributed by atoms with E-state index in [4.69, 9.17) is 0 Å². The van der Waals surface area contributed by atoms with E-state index in [1.54, 1.807) is 28.5 Å². The quantitative estimate of drug-likeness (QED) is 0.0567. The molecule has 21 heteroatoms. The number of anilines is 1. The number of halogens is 3. The number of thiazole rings is 1. The number of aliphatic hydroxyl groups is 1. The monoisotopic (exact) mass is 1110 g/mol. The highest BCUT2D eigenvalue weighted by Crippen LogP contribution is 2.35. The van der Waals surface area contributed by atoms with Crippen molar-refractivity contribution >= 4 is 55.9 Å². The molecule has 0 aliphatic carbocycles. The minimum atomic E-state index is -4.37. The summed E-state index contributed by atoms with van der Waals surface area (Å²) < 4.78 is 73.4. The Labute approximate surface area is 456 Å². The molecule has 3 aromatic carbocycles. The minimum Gasteiger partial charge on any atom is -0.391 e. The number of nitrogens with one attached hydrogen (secondary N) is 4. The Kier molecular flexibility index (Phi) is 15.7. The Bertz CT molecular complexity index is 3330. The van der Waals surface area contributed by atoms with E-state index < -0.39 is 75.2 Å². The number of piperidine rings is 1. The summed E-state index contributed by atoms with van der Waals surface area (Å²) in [7, 11) is -4.37. The molecular weight excluding hydrogens is 1040 g/mol.